The maximum absolute atomic E-state index is 10.1. The van der Waals surface area contributed by atoms with E-state index < -0.39 is 0 Å². The van der Waals surface area contributed by atoms with E-state index >= 15 is 0 Å². The van der Waals surface area contributed by atoms with Gasteiger partial charge in [0.05, 0.1) is 4.91 Å². The molecular weight excluding hydrogens is 119 g/mol. The van der Waals surface area contributed by atoms with Crippen LogP contribution in [0, 0.1) is 4.91 Å². The summed E-state index contributed by atoms with van der Waals surface area (Å²) in [6, 6.07) is 0. The van der Waals surface area contributed by atoms with E-state index in [4.69, 9.17) is 0 Å². The van der Waals surface area contributed by atoms with Crippen molar-refractivity contribution in [1.29, 1.82) is 0 Å². The average Bonchev–Trinajstić information content (AvgIpc) is 1.69. The Bertz CT molecular complexity index is 114. The summed E-state index contributed by atoms with van der Waals surface area (Å²) in [5.74, 6) is 0. The summed E-state index contributed by atoms with van der Waals surface area (Å²) in [5, 5.41) is 0. The molecule has 0 spiro atoms. The number of hydrazine groups is 1. The first kappa shape index (κ1) is 8.10. The second kappa shape index (κ2) is 4.03. The number of rotatable bonds is 0. The van der Waals surface area contributed by atoms with Crippen molar-refractivity contribution in [2.75, 3.05) is 6.61 Å². The van der Waals surface area contributed by atoms with Crippen LogP contribution in [0.1, 0.15) is 0 Å². The van der Waals surface area contributed by atoms with Crippen LogP contribution in [0.3, 0.4) is 0 Å². The molecular formula is C3H6N2NaO2+. The Morgan fingerprint density at radius 3 is 2.75 bits per heavy atom. The summed E-state index contributed by atoms with van der Waals surface area (Å²) < 4.78 is 0. The summed E-state index contributed by atoms with van der Waals surface area (Å²) in [7, 11) is 0. The first-order valence-electron chi connectivity index (χ1n) is 1.90. The van der Waals surface area contributed by atoms with Gasteiger partial charge in [0.1, 0.15) is 6.61 Å². The topological polar surface area (TPSA) is 41.3 Å². The fraction of sp³-hybridized carbons (Fsp3) is 0.333. The van der Waals surface area contributed by atoms with Crippen LogP contribution in [-0.4, -0.2) is 41.0 Å². The van der Waals surface area contributed by atoms with Crippen molar-refractivity contribution in [3.05, 3.63) is 17.2 Å². The SMILES string of the molecule is O=[N+]1C=CCON1.[NaH]. The van der Waals surface area contributed by atoms with Crippen LogP contribution in [0.15, 0.2) is 12.3 Å². The molecule has 0 aromatic heterocycles. The van der Waals surface area contributed by atoms with Gasteiger partial charge in [-0.25, -0.2) is 4.84 Å². The summed E-state index contributed by atoms with van der Waals surface area (Å²) >= 11 is 0. The monoisotopic (exact) mass is 125 g/mol. The zero-order valence-electron chi connectivity index (χ0n) is 3.63. The van der Waals surface area contributed by atoms with Gasteiger partial charge in [0.2, 0.25) is 0 Å². The average molecular weight is 125 g/mol. The van der Waals surface area contributed by atoms with Gasteiger partial charge in [-0.05, 0) is 5.59 Å². The van der Waals surface area contributed by atoms with Crippen LogP contribution in [0.5, 0.6) is 0 Å². The van der Waals surface area contributed by atoms with E-state index in [1.807, 2.05) is 0 Å². The van der Waals surface area contributed by atoms with Crippen molar-refractivity contribution >= 4 is 29.6 Å². The molecule has 0 radical (unpaired) electrons. The Kier molecular flexibility index (Phi) is 4.08. The minimum absolute atomic E-state index is 0. The third kappa shape index (κ3) is 2.42. The molecule has 0 saturated carbocycles. The second-order valence-corrected chi connectivity index (χ2v) is 1.11. The first-order chi connectivity index (χ1) is 3.39. The molecule has 8 heavy (non-hydrogen) atoms. The van der Waals surface area contributed by atoms with Crippen LogP contribution in [0.4, 0.5) is 0 Å². The molecule has 0 atom stereocenters. The van der Waals surface area contributed by atoms with E-state index in [2.05, 4.69) is 10.4 Å². The number of nitrogens with one attached hydrogen (secondary N) is 1. The molecule has 1 heterocycles. The fourth-order valence-corrected chi connectivity index (χ4v) is 0.318. The van der Waals surface area contributed by atoms with E-state index in [1.165, 1.54) is 6.20 Å². The van der Waals surface area contributed by atoms with E-state index in [0.29, 0.717) is 11.5 Å². The number of nitroso groups, excluding NO2 is 1. The second-order valence-electron chi connectivity index (χ2n) is 1.11. The Hall–Kier alpha value is 0.1000. The number of hydrogen-bond acceptors (Lipinski definition) is 2. The first-order valence-corrected chi connectivity index (χ1v) is 1.90. The molecule has 0 amide bonds. The van der Waals surface area contributed by atoms with E-state index in [-0.39, 0.29) is 29.6 Å². The van der Waals surface area contributed by atoms with Gasteiger partial charge in [0.25, 0.3) is 6.20 Å². The van der Waals surface area contributed by atoms with Crippen molar-refractivity contribution in [1.82, 2.24) is 5.59 Å². The summed E-state index contributed by atoms with van der Waals surface area (Å²) in [5.41, 5.74) is 2.07. The van der Waals surface area contributed by atoms with Gasteiger partial charge in [-0.2, -0.15) is 0 Å². The zero-order chi connectivity index (χ0) is 5.11. The molecule has 1 rings (SSSR count). The van der Waals surface area contributed by atoms with Gasteiger partial charge in [-0.15, -0.1) is 0 Å². The van der Waals surface area contributed by atoms with Crippen molar-refractivity contribution in [3.63, 3.8) is 0 Å². The normalized spacial score (nSPS) is 16.8. The maximum atomic E-state index is 10.1. The van der Waals surface area contributed by atoms with Gasteiger partial charge < -0.3 is 0 Å². The van der Waals surface area contributed by atoms with Gasteiger partial charge in [-0.1, -0.05) is 0 Å². The van der Waals surface area contributed by atoms with Gasteiger partial charge >= 0.3 is 29.6 Å². The van der Waals surface area contributed by atoms with Crippen molar-refractivity contribution < 1.29 is 9.71 Å². The molecule has 5 heteroatoms. The van der Waals surface area contributed by atoms with Crippen molar-refractivity contribution in [2.45, 2.75) is 0 Å². The van der Waals surface area contributed by atoms with Gasteiger partial charge in [0.15, 0.2) is 4.87 Å². The molecule has 0 saturated heterocycles. The molecule has 0 fully saturated rings. The van der Waals surface area contributed by atoms with E-state index in [1.54, 1.807) is 6.08 Å². The van der Waals surface area contributed by atoms with Crippen LogP contribution < -0.4 is 5.59 Å². The molecule has 4 nitrogen and oxygen atoms in total. The van der Waals surface area contributed by atoms with Crippen LogP contribution >= 0.6 is 0 Å². The predicted octanol–water partition coefficient (Wildman–Crippen LogP) is -0.920. The fourth-order valence-electron chi connectivity index (χ4n) is 0.318. The van der Waals surface area contributed by atoms with Crippen molar-refractivity contribution in [3.8, 4) is 0 Å². The Balaban J connectivity index is 0.000000490. The summed E-state index contributed by atoms with van der Waals surface area (Å²) in [6.07, 6.45) is 2.97. The van der Waals surface area contributed by atoms with Gasteiger partial charge in [0, 0.05) is 6.08 Å². The summed E-state index contributed by atoms with van der Waals surface area (Å²) in [6.45, 7) is 0.457. The van der Waals surface area contributed by atoms with Crippen LogP contribution in [0.2, 0.25) is 0 Å². The third-order valence-corrected chi connectivity index (χ3v) is 0.575. The standard InChI is InChI=1S/C3H5N2O2.Na.H/c6-5-2-1-3-7-4-5;;/h1-2H,3H2,(H,4,6);;/q+1;;. The number of hydrogen-bond donors (Lipinski definition) is 1. The molecule has 40 valence electrons. The van der Waals surface area contributed by atoms with E-state index in [9.17, 15) is 4.91 Å². The quantitative estimate of drug-likeness (QED) is 0.336. The van der Waals surface area contributed by atoms with E-state index in [0.717, 1.165) is 0 Å². The Morgan fingerprint density at radius 1 is 1.75 bits per heavy atom. The third-order valence-electron chi connectivity index (χ3n) is 0.575. The molecule has 1 aliphatic heterocycles. The molecule has 0 aliphatic carbocycles. The molecule has 0 bridgehead atoms. The molecule has 1 aliphatic rings. The summed E-state index contributed by atoms with van der Waals surface area (Å²) in [4.78, 5) is 15.0. The molecule has 0 aromatic carbocycles. The van der Waals surface area contributed by atoms with Crippen molar-refractivity contribution in [2.24, 2.45) is 0 Å². The Labute approximate surface area is 68.7 Å². The Morgan fingerprint density at radius 2 is 2.50 bits per heavy atom. The molecule has 1 N–H and O–H groups in total. The molecule has 0 aromatic rings. The van der Waals surface area contributed by atoms with Crippen LogP contribution in [0.25, 0.3) is 0 Å². The zero-order valence-corrected chi connectivity index (χ0v) is 3.63. The van der Waals surface area contributed by atoms with Gasteiger partial charge in [-0.3, -0.25) is 0 Å². The predicted molar refractivity (Wildman–Crippen MR) is 29.0 cm³/mol. The minimum atomic E-state index is 0. The van der Waals surface area contributed by atoms with Crippen LogP contribution in [-0.2, 0) is 4.84 Å². The molecule has 0 unspecified atom stereocenters. The number of nitrogens with zero attached hydrogens (tertiary/aromatic N) is 1.